The quantitative estimate of drug-likeness (QED) is 0.243. The van der Waals surface area contributed by atoms with Crippen LogP contribution in [0.3, 0.4) is 0 Å². The summed E-state index contributed by atoms with van der Waals surface area (Å²) in [5.74, 6) is 0. The van der Waals surface area contributed by atoms with Gasteiger partial charge in [-0.25, -0.2) is 0 Å². The van der Waals surface area contributed by atoms with E-state index in [0.29, 0.717) is 13.2 Å². The number of rotatable bonds is 10. The van der Waals surface area contributed by atoms with Gasteiger partial charge >= 0.3 is 0 Å². The molecule has 0 aromatic rings. The summed E-state index contributed by atoms with van der Waals surface area (Å²) < 4.78 is 17.0. The Kier molecular flexibility index (Phi) is 9.43. The molecule has 0 aliphatic heterocycles. The lowest BCUT2D eigenvalue weighted by Gasteiger charge is -2.34. The van der Waals surface area contributed by atoms with Crippen LogP contribution in [0.2, 0.25) is 18.1 Å². The van der Waals surface area contributed by atoms with Crippen molar-refractivity contribution in [2.75, 3.05) is 13.2 Å². The van der Waals surface area contributed by atoms with Crippen molar-refractivity contribution in [2.24, 2.45) is 0 Å². The van der Waals surface area contributed by atoms with Crippen LogP contribution in [0.5, 0.6) is 0 Å². The molecule has 0 aliphatic rings. The molecule has 0 fully saturated rings. The van der Waals surface area contributed by atoms with Crippen LogP contribution in [-0.2, 0) is 13.9 Å². The molecule has 0 aromatic carbocycles. The van der Waals surface area contributed by atoms with Crippen molar-refractivity contribution in [3.05, 3.63) is 12.3 Å². The van der Waals surface area contributed by atoms with Gasteiger partial charge in [0.2, 0.25) is 8.32 Å². The molecule has 0 atom stereocenters. The summed E-state index contributed by atoms with van der Waals surface area (Å²) in [4.78, 5) is 0. The highest BCUT2D eigenvalue weighted by Gasteiger charge is 2.37. The SMILES string of the molecule is CCOC(CCC/C=C/O[Si](C)(C)C(C)(C)C)OCC. The molecule has 0 aliphatic carbocycles. The first-order chi connectivity index (χ1) is 9.24. The van der Waals surface area contributed by atoms with Crippen molar-refractivity contribution >= 4 is 8.32 Å². The van der Waals surface area contributed by atoms with E-state index in [-0.39, 0.29) is 11.3 Å². The standard InChI is InChI=1S/C16H34O3Si/c1-8-17-15(18-9-2)13-11-10-12-14-19-20(6,7)16(3,4)5/h12,14-15H,8-11,13H2,1-7H3/b14-12+. The predicted octanol–water partition coefficient (Wildman–Crippen LogP) is 5.09. The minimum absolute atomic E-state index is 0.0558. The average Bonchev–Trinajstić information content (AvgIpc) is 2.32. The Labute approximate surface area is 126 Å². The Morgan fingerprint density at radius 1 is 1.05 bits per heavy atom. The Balaban J connectivity index is 3.92. The summed E-state index contributed by atoms with van der Waals surface area (Å²) in [7, 11) is -1.65. The Morgan fingerprint density at radius 3 is 2.05 bits per heavy atom. The molecule has 0 saturated carbocycles. The molecule has 0 amide bonds. The van der Waals surface area contributed by atoms with E-state index in [0.717, 1.165) is 19.3 Å². The summed E-state index contributed by atoms with van der Waals surface area (Å²) in [5.41, 5.74) is 0. The Hall–Kier alpha value is -0.323. The van der Waals surface area contributed by atoms with Crippen molar-refractivity contribution in [1.29, 1.82) is 0 Å². The molecule has 0 radical (unpaired) electrons. The fourth-order valence-corrected chi connectivity index (χ4v) is 2.24. The lowest BCUT2D eigenvalue weighted by molar-refractivity contribution is -0.139. The monoisotopic (exact) mass is 302 g/mol. The van der Waals surface area contributed by atoms with Crippen LogP contribution in [0, 0.1) is 0 Å². The molecule has 0 spiro atoms. The van der Waals surface area contributed by atoms with Gasteiger partial charge in [-0.1, -0.05) is 26.8 Å². The average molecular weight is 303 g/mol. The third kappa shape index (κ3) is 8.07. The number of allylic oxidation sites excluding steroid dienone is 1. The summed E-state index contributed by atoms with van der Waals surface area (Å²) >= 11 is 0. The second-order valence-corrected chi connectivity index (χ2v) is 11.3. The molecular formula is C16H34O3Si. The minimum Gasteiger partial charge on any atom is -0.549 e. The topological polar surface area (TPSA) is 27.7 Å². The molecule has 0 heterocycles. The van der Waals surface area contributed by atoms with Gasteiger partial charge in [0.25, 0.3) is 0 Å². The maximum absolute atomic E-state index is 5.99. The van der Waals surface area contributed by atoms with Gasteiger partial charge in [0.05, 0.1) is 6.26 Å². The zero-order chi connectivity index (χ0) is 15.6. The fraction of sp³-hybridized carbons (Fsp3) is 0.875. The highest BCUT2D eigenvalue weighted by molar-refractivity contribution is 6.74. The first-order valence-electron chi connectivity index (χ1n) is 7.80. The zero-order valence-electron chi connectivity index (χ0n) is 14.5. The molecular weight excluding hydrogens is 268 g/mol. The van der Waals surface area contributed by atoms with Crippen molar-refractivity contribution < 1.29 is 13.9 Å². The van der Waals surface area contributed by atoms with Crippen molar-refractivity contribution in [3.63, 3.8) is 0 Å². The summed E-state index contributed by atoms with van der Waals surface area (Å²) in [6.45, 7) is 16.7. The number of unbranched alkanes of at least 4 members (excludes halogenated alkanes) is 1. The van der Waals surface area contributed by atoms with E-state index in [9.17, 15) is 0 Å². The summed E-state index contributed by atoms with van der Waals surface area (Å²) in [5, 5.41) is 0.256. The molecule has 0 aromatic heterocycles. The molecule has 0 bridgehead atoms. The van der Waals surface area contributed by atoms with E-state index in [1.165, 1.54) is 0 Å². The first kappa shape index (κ1) is 19.7. The molecule has 4 heteroatoms. The molecule has 120 valence electrons. The molecule has 3 nitrogen and oxygen atoms in total. The van der Waals surface area contributed by atoms with Gasteiger partial charge in [0.15, 0.2) is 6.29 Å². The van der Waals surface area contributed by atoms with Gasteiger partial charge in [0.1, 0.15) is 0 Å². The van der Waals surface area contributed by atoms with Crippen molar-refractivity contribution in [2.45, 2.75) is 78.3 Å². The third-order valence-corrected chi connectivity index (χ3v) is 8.12. The molecule has 0 N–H and O–H groups in total. The van der Waals surface area contributed by atoms with E-state index in [1.54, 1.807) is 0 Å². The first-order valence-corrected chi connectivity index (χ1v) is 10.7. The van der Waals surface area contributed by atoms with Crippen LogP contribution < -0.4 is 0 Å². The van der Waals surface area contributed by atoms with Gasteiger partial charge in [-0.05, 0) is 51.2 Å². The van der Waals surface area contributed by atoms with Gasteiger partial charge in [-0.3, -0.25) is 0 Å². The Bertz CT molecular complexity index is 263. The molecule has 0 rings (SSSR count). The number of hydrogen-bond donors (Lipinski definition) is 0. The molecule has 0 saturated heterocycles. The highest BCUT2D eigenvalue weighted by atomic mass is 28.4. The number of ether oxygens (including phenoxy) is 2. The fourth-order valence-electron chi connectivity index (χ4n) is 1.45. The van der Waals surface area contributed by atoms with Crippen LogP contribution in [0.15, 0.2) is 12.3 Å². The second kappa shape index (κ2) is 9.58. The van der Waals surface area contributed by atoms with Gasteiger partial charge in [0, 0.05) is 13.2 Å². The minimum atomic E-state index is -1.65. The van der Waals surface area contributed by atoms with E-state index in [2.05, 4.69) is 39.9 Å². The van der Waals surface area contributed by atoms with Gasteiger partial charge < -0.3 is 13.9 Å². The Morgan fingerprint density at radius 2 is 1.60 bits per heavy atom. The number of hydrogen-bond acceptors (Lipinski definition) is 3. The predicted molar refractivity (Wildman–Crippen MR) is 88.3 cm³/mol. The van der Waals surface area contributed by atoms with Crippen LogP contribution in [0.4, 0.5) is 0 Å². The van der Waals surface area contributed by atoms with E-state index in [4.69, 9.17) is 13.9 Å². The largest absolute Gasteiger partial charge is 0.549 e. The summed E-state index contributed by atoms with van der Waals surface area (Å²) in [6.07, 6.45) is 6.96. The molecule has 0 unspecified atom stereocenters. The van der Waals surface area contributed by atoms with Crippen molar-refractivity contribution in [3.8, 4) is 0 Å². The highest BCUT2D eigenvalue weighted by Crippen LogP contribution is 2.36. The smallest absolute Gasteiger partial charge is 0.249 e. The van der Waals surface area contributed by atoms with E-state index < -0.39 is 8.32 Å². The van der Waals surface area contributed by atoms with E-state index >= 15 is 0 Å². The van der Waals surface area contributed by atoms with Crippen LogP contribution in [0.25, 0.3) is 0 Å². The lowest BCUT2D eigenvalue weighted by Crippen LogP contribution is -2.39. The maximum atomic E-state index is 5.99. The van der Waals surface area contributed by atoms with Crippen LogP contribution in [-0.4, -0.2) is 27.8 Å². The lowest BCUT2D eigenvalue weighted by atomic mass is 10.2. The third-order valence-electron chi connectivity index (χ3n) is 3.78. The van der Waals surface area contributed by atoms with Gasteiger partial charge in [-0.15, -0.1) is 0 Å². The summed E-state index contributed by atoms with van der Waals surface area (Å²) in [6, 6.07) is 0. The van der Waals surface area contributed by atoms with Crippen LogP contribution >= 0.6 is 0 Å². The van der Waals surface area contributed by atoms with Crippen LogP contribution in [0.1, 0.15) is 53.9 Å². The van der Waals surface area contributed by atoms with Crippen molar-refractivity contribution in [1.82, 2.24) is 0 Å². The maximum Gasteiger partial charge on any atom is 0.249 e. The zero-order valence-corrected chi connectivity index (χ0v) is 15.5. The normalized spacial score (nSPS) is 13.4. The van der Waals surface area contributed by atoms with E-state index in [1.807, 2.05) is 20.1 Å². The van der Waals surface area contributed by atoms with Gasteiger partial charge in [-0.2, -0.15) is 0 Å². The molecule has 20 heavy (non-hydrogen) atoms. The second-order valence-electron chi connectivity index (χ2n) is 6.52.